The van der Waals surface area contributed by atoms with Gasteiger partial charge in [-0.2, -0.15) is 0 Å². The Morgan fingerprint density at radius 2 is 1.92 bits per heavy atom. The van der Waals surface area contributed by atoms with E-state index < -0.39 is 5.82 Å². The number of pyridine rings is 2. The first-order valence-electron chi connectivity index (χ1n) is 12.9. The fraction of sp³-hybridized carbons (Fsp3) is 0.414. The third-order valence-electron chi connectivity index (χ3n) is 5.58. The molecule has 0 saturated carbocycles. The van der Waals surface area contributed by atoms with Gasteiger partial charge in [0.25, 0.3) is 0 Å². The zero-order chi connectivity index (χ0) is 26.2. The summed E-state index contributed by atoms with van der Waals surface area (Å²) in [5.41, 5.74) is 3.92. The summed E-state index contributed by atoms with van der Waals surface area (Å²) < 4.78 is 16.3. The number of aliphatic hydroxyl groups excluding tert-OH is 1. The second-order valence-electron chi connectivity index (χ2n) is 8.47. The van der Waals surface area contributed by atoms with Crippen molar-refractivity contribution in [3.63, 3.8) is 0 Å². The van der Waals surface area contributed by atoms with Crippen LogP contribution in [0.4, 0.5) is 10.1 Å². The second-order valence-corrected chi connectivity index (χ2v) is 8.47. The first kappa shape index (κ1) is 28.9. The average Bonchev–Trinajstić information content (AvgIpc) is 3.28. The van der Waals surface area contributed by atoms with Crippen molar-refractivity contribution in [3.05, 3.63) is 84.0 Å². The number of rotatable bonds is 11. The fourth-order valence-corrected chi connectivity index (χ4v) is 3.59. The van der Waals surface area contributed by atoms with Crippen LogP contribution in [0.2, 0.25) is 0 Å². The molecule has 3 rings (SSSR count). The highest BCUT2D eigenvalue weighted by atomic mass is 19.1. The summed E-state index contributed by atoms with van der Waals surface area (Å²) in [6.45, 7) is 6.74. The Morgan fingerprint density at radius 1 is 1.08 bits per heavy atom. The van der Waals surface area contributed by atoms with Gasteiger partial charge in [-0.3, -0.25) is 9.97 Å². The van der Waals surface area contributed by atoms with Crippen LogP contribution in [0, 0.1) is 5.82 Å². The third kappa shape index (κ3) is 9.04. The second kappa shape index (κ2) is 16.4. The smallest absolute Gasteiger partial charge is 0.164 e. The monoisotopic (exact) mass is 493 g/mol. The van der Waals surface area contributed by atoms with Gasteiger partial charge in [0.15, 0.2) is 11.7 Å². The molecule has 0 spiro atoms. The Bertz CT molecular complexity index is 1090. The molecule has 0 radical (unpaired) electrons. The first-order chi connectivity index (χ1) is 17.5. The number of hydrogen-bond acceptors (Lipinski definition) is 4. The van der Waals surface area contributed by atoms with Gasteiger partial charge in [0.05, 0.1) is 29.0 Å². The van der Waals surface area contributed by atoms with Crippen molar-refractivity contribution in [2.45, 2.75) is 65.7 Å². The highest BCUT2D eigenvalue weighted by molar-refractivity contribution is 6.10. The van der Waals surface area contributed by atoms with E-state index in [-0.39, 0.29) is 0 Å². The van der Waals surface area contributed by atoms with Crippen molar-refractivity contribution in [1.29, 1.82) is 0 Å². The maximum atomic E-state index is 14.3. The predicted molar refractivity (Wildman–Crippen MR) is 147 cm³/mol. The standard InChI is InChI=1S/C23H26FN5.C6H14O/c1-4-6-9-21(20-10-7-8-13-26-20)28-23(22-17(5-2)12-15-29(22)3)27-19-11-14-25-16-18(19)24;1-2-3-4-5-6-7/h7-16H,4-6H2,1-3H3,(H,25,27,28);7H,2-6H2,1H3/b21-9+;. The molecule has 0 aromatic carbocycles. The van der Waals surface area contributed by atoms with Crippen LogP contribution < -0.4 is 5.32 Å². The number of aliphatic hydroxyl groups is 1. The van der Waals surface area contributed by atoms with Crippen molar-refractivity contribution in [2.24, 2.45) is 12.0 Å². The number of nitrogens with one attached hydrogen (secondary N) is 1. The Labute approximate surface area is 215 Å². The fourth-order valence-electron chi connectivity index (χ4n) is 3.59. The van der Waals surface area contributed by atoms with Crippen molar-refractivity contribution in [1.82, 2.24) is 14.5 Å². The third-order valence-corrected chi connectivity index (χ3v) is 5.58. The molecule has 2 N–H and O–H groups in total. The van der Waals surface area contributed by atoms with E-state index in [1.165, 1.54) is 25.5 Å². The van der Waals surface area contributed by atoms with E-state index in [1.807, 2.05) is 36.0 Å². The Kier molecular flexibility index (Phi) is 13.1. The van der Waals surface area contributed by atoms with Gasteiger partial charge in [-0.05, 0) is 49.1 Å². The Morgan fingerprint density at radius 3 is 2.56 bits per heavy atom. The van der Waals surface area contributed by atoms with E-state index in [9.17, 15) is 4.39 Å². The molecule has 0 amide bonds. The molecule has 0 atom stereocenters. The van der Waals surface area contributed by atoms with Crippen LogP contribution in [0.15, 0.2) is 66.2 Å². The zero-order valence-electron chi connectivity index (χ0n) is 22.0. The van der Waals surface area contributed by atoms with Gasteiger partial charge in [-0.1, -0.05) is 58.6 Å². The van der Waals surface area contributed by atoms with E-state index in [1.54, 1.807) is 18.5 Å². The number of nitrogens with zero attached hydrogens (tertiary/aromatic N) is 4. The molecule has 0 aliphatic rings. The minimum atomic E-state index is -0.426. The van der Waals surface area contributed by atoms with Crippen molar-refractivity contribution < 1.29 is 9.50 Å². The molecular formula is C29H40FN5O. The molecule has 0 unspecified atom stereocenters. The van der Waals surface area contributed by atoms with Crippen LogP contribution in [0.3, 0.4) is 0 Å². The van der Waals surface area contributed by atoms with E-state index in [4.69, 9.17) is 10.1 Å². The molecule has 0 aliphatic carbocycles. The number of aliphatic imine (C=N–C) groups is 1. The predicted octanol–water partition coefficient (Wildman–Crippen LogP) is 6.78. The number of hydrogen-bond donors (Lipinski definition) is 2. The molecule has 36 heavy (non-hydrogen) atoms. The topological polar surface area (TPSA) is 75.3 Å². The summed E-state index contributed by atoms with van der Waals surface area (Å²) in [6, 6.07) is 9.42. The van der Waals surface area contributed by atoms with Gasteiger partial charge in [-0.15, -0.1) is 0 Å². The molecule has 0 saturated heterocycles. The minimum absolute atomic E-state index is 0.331. The van der Waals surface area contributed by atoms with Crippen LogP contribution in [0.5, 0.6) is 0 Å². The van der Waals surface area contributed by atoms with Gasteiger partial charge in [0.2, 0.25) is 0 Å². The Hall–Kier alpha value is -3.32. The lowest BCUT2D eigenvalue weighted by atomic mass is 10.1. The van der Waals surface area contributed by atoms with Crippen molar-refractivity contribution in [2.75, 3.05) is 11.9 Å². The summed E-state index contributed by atoms with van der Waals surface area (Å²) in [7, 11) is 1.96. The largest absolute Gasteiger partial charge is 0.396 e. The summed E-state index contributed by atoms with van der Waals surface area (Å²) in [5.74, 6) is 0.150. The number of aromatic nitrogens is 3. The van der Waals surface area contributed by atoms with Crippen LogP contribution >= 0.6 is 0 Å². The maximum Gasteiger partial charge on any atom is 0.164 e. The number of allylic oxidation sites excluding steroid dienone is 1. The van der Waals surface area contributed by atoms with Gasteiger partial charge in [-0.25, -0.2) is 9.38 Å². The van der Waals surface area contributed by atoms with Gasteiger partial charge < -0.3 is 15.0 Å². The molecule has 3 aromatic heterocycles. The SMILES string of the molecule is CCC/C=C(/N=C(Nc1ccncc1F)c1c(CC)ccn1C)c1ccccn1.CCCCCCO. The normalized spacial score (nSPS) is 11.7. The van der Waals surface area contributed by atoms with Crippen LogP contribution in [-0.2, 0) is 13.5 Å². The maximum absolute atomic E-state index is 14.3. The highest BCUT2D eigenvalue weighted by Gasteiger charge is 2.16. The molecule has 3 heterocycles. The van der Waals surface area contributed by atoms with Crippen LogP contribution in [-0.4, -0.2) is 32.1 Å². The van der Waals surface area contributed by atoms with Gasteiger partial charge in [0, 0.05) is 32.2 Å². The van der Waals surface area contributed by atoms with E-state index in [0.29, 0.717) is 18.1 Å². The van der Waals surface area contributed by atoms with E-state index >= 15 is 0 Å². The van der Waals surface area contributed by atoms with E-state index in [0.717, 1.165) is 48.3 Å². The van der Waals surface area contributed by atoms with Gasteiger partial charge >= 0.3 is 0 Å². The van der Waals surface area contributed by atoms with Crippen molar-refractivity contribution >= 4 is 17.2 Å². The quantitative estimate of drug-likeness (QED) is 0.175. The lowest BCUT2D eigenvalue weighted by Crippen LogP contribution is -2.20. The number of aryl methyl sites for hydroxylation is 2. The molecule has 0 fully saturated rings. The van der Waals surface area contributed by atoms with Crippen LogP contribution in [0.25, 0.3) is 5.70 Å². The van der Waals surface area contributed by atoms with Gasteiger partial charge in [0.1, 0.15) is 0 Å². The lowest BCUT2D eigenvalue weighted by Gasteiger charge is -2.15. The molecule has 6 nitrogen and oxygen atoms in total. The summed E-state index contributed by atoms with van der Waals surface area (Å²) >= 11 is 0. The number of unbranched alkanes of at least 4 members (excludes halogenated alkanes) is 4. The summed E-state index contributed by atoms with van der Waals surface area (Å²) in [5, 5.41) is 11.5. The average molecular weight is 494 g/mol. The Balaban J connectivity index is 0.000000572. The molecule has 7 heteroatoms. The number of anilines is 1. The number of amidine groups is 1. The van der Waals surface area contributed by atoms with Crippen molar-refractivity contribution in [3.8, 4) is 0 Å². The zero-order valence-corrected chi connectivity index (χ0v) is 22.0. The van der Waals surface area contributed by atoms with Crippen LogP contribution in [0.1, 0.15) is 76.2 Å². The highest BCUT2D eigenvalue weighted by Crippen LogP contribution is 2.21. The van der Waals surface area contributed by atoms with E-state index in [2.05, 4.69) is 48.2 Å². The molecule has 194 valence electrons. The lowest BCUT2D eigenvalue weighted by molar-refractivity contribution is 0.283. The molecule has 3 aromatic rings. The first-order valence-corrected chi connectivity index (χ1v) is 12.9. The molecular weight excluding hydrogens is 453 g/mol. The minimum Gasteiger partial charge on any atom is -0.396 e. The summed E-state index contributed by atoms with van der Waals surface area (Å²) in [6.07, 6.45) is 16.0. The number of halogens is 1. The molecule has 0 bridgehead atoms. The molecule has 0 aliphatic heterocycles. The summed E-state index contributed by atoms with van der Waals surface area (Å²) in [4.78, 5) is 13.2.